The fourth-order valence-corrected chi connectivity index (χ4v) is 8.22. The number of carbonyl (C=O) groups excluding carboxylic acids is 1. The van der Waals surface area contributed by atoms with E-state index < -0.39 is 6.10 Å². The molecule has 2 aromatic carbocycles. The van der Waals surface area contributed by atoms with Crippen LogP contribution in [-0.4, -0.2) is 75.9 Å². The Kier molecular flexibility index (Phi) is 6.95. The second-order valence-electron chi connectivity index (χ2n) is 12.7. The molecule has 0 spiro atoms. The van der Waals surface area contributed by atoms with Crippen molar-refractivity contribution in [2.24, 2.45) is 5.92 Å². The number of benzene rings is 2. The lowest BCUT2D eigenvalue weighted by molar-refractivity contribution is -0.125. The van der Waals surface area contributed by atoms with Gasteiger partial charge in [0.2, 0.25) is 11.9 Å². The van der Waals surface area contributed by atoms with Crippen LogP contribution in [0.5, 0.6) is 0 Å². The first kappa shape index (κ1) is 28.0. The van der Waals surface area contributed by atoms with Gasteiger partial charge in [-0.2, -0.15) is 4.98 Å². The molecule has 0 bridgehead atoms. The maximum absolute atomic E-state index is 13.0. The van der Waals surface area contributed by atoms with E-state index >= 15 is 0 Å². The van der Waals surface area contributed by atoms with Gasteiger partial charge in [-0.3, -0.25) is 4.79 Å². The monoisotopic (exact) mass is 617 g/mol. The topological polar surface area (TPSA) is 133 Å². The molecule has 1 unspecified atom stereocenters. The van der Waals surface area contributed by atoms with Crippen LogP contribution in [0.25, 0.3) is 11.0 Å². The smallest absolute Gasteiger partial charge is 0.229 e. The number of amides is 1. The Labute approximate surface area is 264 Å². The molecule has 4 aromatic rings. The summed E-state index contributed by atoms with van der Waals surface area (Å²) in [5, 5.41) is 29.8. The molecule has 4 atom stereocenters. The number of aromatic nitrogens is 5. The van der Waals surface area contributed by atoms with Crippen LogP contribution in [0.1, 0.15) is 42.7 Å². The van der Waals surface area contributed by atoms with Gasteiger partial charge in [-0.15, -0.1) is 11.5 Å². The van der Waals surface area contributed by atoms with Crippen molar-refractivity contribution in [2.75, 3.05) is 28.6 Å². The van der Waals surface area contributed by atoms with Crippen LogP contribution in [0.3, 0.4) is 0 Å². The molecular formula is C33H35N9O2Si. The van der Waals surface area contributed by atoms with Crippen LogP contribution in [0.15, 0.2) is 48.7 Å². The molecule has 1 amide bonds. The zero-order valence-electron chi connectivity index (χ0n) is 24.9. The molecule has 228 valence electrons. The van der Waals surface area contributed by atoms with E-state index in [9.17, 15) is 9.90 Å². The fraction of sp³-hybridized carbons (Fsp3) is 0.424. The van der Waals surface area contributed by atoms with Crippen molar-refractivity contribution in [1.82, 2.24) is 30.3 Å². The Balaban J connectivity index is 1.12. The molecule has 12 heteroatoms. The van der Waals surface area contributed by atoms with Gasteiger partial charge >= 0.3 is 0 Å². The second-order valence-corrected chi connectivity index (χ2v) is 14.3. The first-order valence-corrected chi connectivity index (χ1v) is 17.0. The summed E-state index contributed by atoms with van der Waals surface area (Å²) in [6, 6.07) is 15.4. The van der Waals surface area contributed by atoms with E-state index in [-0.39, 0.29) is 22.9 Å². The van der Waals surface area contributed by atoms with Crippen molar-refractivity contribution in [2.45, 2.75) is 67.9 Å². The molecule has 2 aliphatic heterocycles. The van der Waals surface area contributed by atoms with Gasteiger partial charge in [-0.05, 0) is 67.5 Å². The Hall–Kier alpha value is -4.47. The molecule has 8 rings (SSSR count). The van der Waals surface area contributed by atoms with E-state index in [1.165, 1.54) is 11.1 Å². The summed E-state index contributed by atoms with van der Waals surface area (Å²) in [5.74, 6) is 3.85. The Morgan fingerprint density at radius 3 is 2.89 bits per heavy atom. The van der Waals surface area contributed by atoms with E-state index in [0.29, 0.717) is 41.0 Å². The predicted octanol–water partition coefficient (Wildman–Crippen LogP) is 3.04. The maximum atomic E-state index is 13.0. The number of anilines is 4. The van der Waals surface area contributed by atoms with E-state index in [2.05, 4.69) is 55.3 Å². The largest absolute Gasteiger partial charge is 0.392 e. The van der Waals surface area contributed by atoms with Crippen LogP contribution in [0.4, 0.5) is 23.1 Å². The van der Waals surface area contributed by atoms with Crippen molar-refractivity contribution in [3.05, 3.63) is 59.8 Å². The molecule has 2 aliphatic carbocycles. The highest BCUT2D eigenvalue weighted by Gasteiger charge is 2.56. The molecule has 4 heterocycles. The molecular weight excluding hydrogens is 583 g/mol. The third-order valence-corrected chi connectivity index (χ3v) is 11.0. The highest BCUT2D eigenvalue weighted by molar-refractivity contribution is 6.56. The number of aliphatic hydroxyl groups excluding tert-OH is 1. The summed E-state index contributed by atoms with van der Waals surface area (Å²) >= 11 is 0. The third-order valence-electron chi connectivity index (χ3n) is 9.47. The molecule has 2 aromatic heterocycles. The number of nitrogens with one attached hydrogen (secondary N) is 3. The lowest BCUT2D eigenvalue weighted by atomic mass is 9.92. The summed E-state index contributed by atoms with van der Waals surface area (Å²) in [6.07, 6.45) is 11.5. The molecule has 11 nitrogen and oxygen atoms in total. The summed E-state index contributed by atoms with van der Waals surface area (Å²) < 4.78 is 1.69. The van der Waals surface area contributed by atoms with E-state index in [1.54, 1.807) is 4.68 Å². The first-order valence-electron chi connectivity index (χ1n) is 15.7. The lowest BCUT2D eigenvalue weighted by Crippen LogP contribution is -2.44. The zero-order chi connectivity index (χ0) is 30.5. The molecule has 4 N–H and O–H groups in total. The normalized spacial score (nSPS) is 25.4. The minimum absolute atomic E-state index is 0.0176. The van der Waals surface area contributed by atoms with Gasteiger partial charge in [0.25, 0.3) is 0 Å². The van der Waals surface area contributed by atoms with Crippen LogP contribution in [0, 0.1) is 18.3 Å². The Bertz CT molecular complexity index is 1810. The maximum Gasteiger partial charge on any atom is 0.229 e. The van der Waals surface area contributed by atoms with Crippen LogP contribution in [0.2, 0.25) is 6.04 Å². The Morgan fingerprint density at radius 1 is 1.20 bits per heavy atom. The van der Waals surface area contributed by atoms with Gasteiger partial charge in [-0.25, -0.2) is 9.67 Å². The number of piperidine rings is 1. The number of aliphatic hydroxyl groups is 1. The number of carbonyl (C=O) groups is 1. The quantitative estimate of drug-likeness (QED) is 0.165. The SMILES string of the molecule is C#CCn1nnc2ccc(Nc3ncc(N4CCC[C@H](C(=O)NC5CC5)C4)c(NC4([C@H]5c6ccccc6C[C@H]5O)C[Si]4)n3)cc21. The van der Waals surface area contributed by atoms with Crippen molar-refractivity contribution in [3.8, 4) is 12.3 Å². The average Bonchev–Trinajstić information content (AvgIpc) is 3.96. The number of hydrogen-bond donors (Lipinski definition) is 4. The van der Waals surface area contributed by atoms with Gasteiger partial charge < -0.3 is 26.0 Å². The molecule has 45 heavy (non-hydrogen) atoms. The summed E-state index contributed by atoms with van der Waals surface area (Å²) in [4.78, 5) is 25.1. The minimum atomic E-state index is -0.452. The fourth-order valence-electron chi connectivity index (χ4n) is 6.95. The lowest BCUT2D eigenvalue weighted by Gasteiger charge is -2.36. The van der Waals surface area contributed by atoms with E-state index in [1.807, 2.05) is 30.5 Å². The highest BCUT2D eigenvalue weighted by atomic mass is 28.2. The first-order chi connectivity index (χ1) is 22.0. The summed E-state index contributed by atoms with van der Waals surface area (Å²) in [5.41, 5.74) is 5.69. The van der Waals surface area contributed by atoms with Gasteiger partial charge in [0.1, 0.15) is 12.1 Å². The molecule has 1 saturated carbocycles. The van der Waals surface area contributed by atoms with Crippen LogP contribution in [-0.2, 0) is 17.8 Å². The van der Waals surface area contributed by atoms with Crippen LogP contribution < -0.4 is 20.9 Å². The highest BCUT2D eigenvalue weighted by Crippen LogP contribution is 2.51. The second kappa shape index (κ2) is 11.2. The number of nitrogens with zero attached hydrogens (tertiary/aromatic N) is 6. The number of hydrogen-bond acceptors (Lipinski definition) is 9. The predicted molar refractivity (Wildman–Crippen MR) is 174 cm³/mol. The van der Waals surface area contributed by atoms with Gasteiger partial charge in [0.15, 0.2) is 5.82 Å². The summed E-state index contributed by atoms with van der Waals surface area (Å²) in [6.45, 7) is 1.77. The van der Waals surface area contributed by atoms with Gasteiger partial charge in [0, 0.05) is 35.9 Å². The Morgan fingerprint density at radius 2 is 2.07 bits per heavy atom. The van der Waals surface area contributed by atoms with E-state index in [4.69, 9.17) is 16.4 Å². The van der Waals surface area contributed by atoms with Crippen molar-refractivity contribution >= 4 is 49.6 Å². The van der Waals surface area contributed by atoms with Crippen molar-refractivity contribution in [1.29, 1.82) is 0 Å². The molecule has 4 aliphatic rings. The zero-order valence-corrected chi connectivity index (χ0v) is 25.9. The molecule has 2 radical (unpaired) electrons. The van der Waals surface area contributed by atoms with E-state index in [0.717, 1.165) is 66.5 Å². The number of rotatable bonds is 9. The minimum Gasteiger partial charge on any atom is -0.392 e. The summed E-state index contributed by atoms with van der Waals surface area (Å²) in [7, 11) is 0.646. The number of terminal acetylenes is 1. The number of fused-ring (bicyclic) bond motifs is 2. The van der Waals surface area contributed by atoms with Crippen molar-refractivity contribution < 1.29 is 9.90 Å². The van der Waals surface area contributed by atoms with Crippen LogP contribution >= 0.6 is 0 Å². The van der Waals surface area contributed by atoms with Gasteiger partial charge in [0.05, 0.1) is 38.9 Å². The molecule has 2 saturated heterocycles. The average molecular weight is 618 g/mol. The molecule has 3 fully saturated rings. The third kappa shape index (κ3) is 5.40. The van der Waals surface area contributed by atoms with Gasteiger partial charge in [-0.1, -0.05) is 35.4 Å². The standard InChI is InChI=1S/C33H35N9O2Si/c1-2-13-42-26-16-23(11-12-25(26)39-40-42)36-32-34-17-27(41-14-5-7-21(18-41)31(44)35-22-9-10-22)30(37-32)38-33(19-45-33)29-24-8-4-3-6-20(24)15-28(29)43/h1,3-4,6,8,11-12,16-17,21-22,28-29,43H,5,7,9-10,13-15,18-19H2,(H,35,44)(H2,34,36,37,38)/t21-,28+,29-,33?/m0/s1. The van der Waals surface area contributed by atoms with Crippen molar-refractivity contribution in [3.63, 3.8) is 0 Å².